The fourth-order valence-electron chi connectivity index (χ4n) is 4.86. The second kappa shape index (κ2) is 7.26. The maximum Gasteiger partial charge on any atom is 0.387 e. The molecule has 166 valence electrons. The highest BCUT2D eigenvalue weighted by molar-refractivity contribution is 5.98. The first-order valence-corrected chi connectivity index (χ1v) is 10.4. The van der Waals surface area contributed by atoms with E-state index >= 15 is 0 Å². The van der Waals surface area contributed by atoms with E-state index in [9.17, 15) is 13.6 Å². The minimum Gasteiger partial charge on any atom is -0.481 e. The fourth-order valence-corrected chi connectivity index (χ4v) is 4.86. The lowest BCUT2D eigenvalue weighted by molar-refractivity contribution is -0.0507. The van der Waals surface area contributed by atoms with Crippen molar-refractivity contribution in [3.63, 3.8) is 0 Å². The van der Waals surface area contributed by atoms with Crippen LogP contribution in [0.1, 0.15) is 40.3 Å². The maximum atomic E-state index is 13.2. The smallest absolute Gasteiger partial charge is 0.387 e. The molecule has 2 aromatic carbocycles. The third-order valence-electron chi connectivity index (χ3n) is 6.24. The summed E-state index contributed by atoms with van der Waals surface area (Å²) in [6.07, 6.45) is 2.24. The zero-order valence-corrected chi connectivity index (χ0v) is 17.5. The summed E-state index contributed by atoms with van der Waals surface area (Å²) in [5, 5.41) is 2.99. The Morgan fingerprint density at radius 1 is 1.15 bits per heavy atom. The summed E-state index contributed by atoms with van der Waals surface area (Å²) < 4.78 is 38.3. The normalized spacial score (nSPS) is 18.6. The molecule has 2 bridgehead atoms. The first-order valence-electron chi connectivity index (χ1n) is 10.4. The van der Waals surface area contributed by atoms with E-state index in [1.165, 1.54) is 6.07 Å². The van der Waals surface area contributed by atoms with Gasteiger partial charge in [-0.1, -0.05) is 12.1 Å². The Morgan fingerprint density at radius 3 is 2.76 bits per heavy atom. The van der Waals surface area contributed by atoms with Crippen LogP contribution in [-0.2, 0) is 0 Å². The van der Waals surface area contributed by atoms with Crippen molar-refractivity contribution in [1.82, 2.24) is 19.9 Å². The van der Waals surface area contributed by atoms with Crippen LogP contribution in [0.5, 0.6) is 11.6 Å². The Bertz CT molecular complexity index is 1400. The molecule has 0 fully saturated rings. The predicted octanol–water partition coefficient (Wildman–Crippen LogP) is 4.49. The molecule has 0 unspecified atom stereocenters. The topological polar surface area (TPSA) is 78.3 Å². The van der Waals surface area contributed by atoms with Gasteiger partial charge < -0.3 is 19.4 Å². The van der Waals surface area contributed by atoms with Crippen LogP contribution in [0.15, 0.2) is 54.7 Å². The maximum absolute atomic E-state index is 13.2. The number of hydrogen-bond acceptors (Lipinski definition) is 5. The van der Waals surface area contributed by atoms with Crippen molar-refractivity contribution < 1.29 is 23.0 Å². The van der Waals surface area contributed by atoms with Crippen molar-refractivity contribution in [3.05, 3.63) is 71.7 Å². The molecule has 9 heteroatoms. The molecule has 2 atom stereocenters. The monoisotopic (exact) mass is 448 g/mol. The van der Waals surface area contributed by atoms with Gasteiger partial charge in [0.1, 0.15) is 11.6 Å². The van der Waals surface area contributed by atoms with Crippen molar-refractivity contribution in [1.29, 1.82) is 0 Å². The number of hydrogen-bond donors (Lipinski definition) is 1. The third kappa shape index (κ3) is 3.03. The number of methoxy groups -OCH3 is 1. The quantitative estimate of drug-likeness (QED) is 0.498. The van der Waals surface area contributed by atoms with Crippen molar-refractivity contribution in [2.24, 2.45) is 0 Å². The van der Waals surface area contributed by atoms with E-state index in [0.717, 1.165) is 22.2 Å². The standard InChI is InChI=1S/C24H18F2N4O3/c1-32-20-8-6-13(11-27-20)12-5-7-15-17(9-12)30-18-10-16(22(30)28-15)29-23(31)14-3-2-4-19(21(14)18)33-24(25)26/h2-9,11,16,18,24H,10H2,1H3,(H,29,31)/t16-,18-/m1/s1. The number of carbonyl (C=O) groups excluding carboxylic acids is 1. The number of amides is 1. The number of carbonyl (C=O) groups is 1. The number of fused-ring (bicyclic) bond motifs is 9. The molecule has 0 radical (unpaired) electrons. The van der Waals surface area contributed by atoms with E-state index in [4.69, 9.17) is 14.5 Å². The molecule has 4 heterocycles. The molecule has 1 amide bonds. The van der Waals surface area contributed by atoms with E-state index in [2.05, 4.69) is 10.3 Å². The minimum atomic E-state index is -2.99. The molecule has 1 N–H and O–H groups in total. The number of pyridine rings is 1. The summed E-state index contributed by atoms with van der Waals surface area (Å²) in [4.78, 5) is 21.9. The number of benzene rings is 2. The summed E-state index contributed by atoms with van der Waals surface area (Å²) in [7, 11) is 1.56. The van der Waals surface area contributed by atoms with Crippen LogP contribution in [0.3, 0.4) is 0 Å². The molecule has 0 aliphatic carbocycles. The van der Waals surface area contributed by atoms with Crippen LogP contribution in [0, 0.1) is 0 Å². The van der Waals surface area contributed by atoms with Gasteiger partial charge in [0, 0.05) is 29.0 Å². The Hall–Kier alpha value is -4.01. The molecule has 0 saturated carbocycles. The van der Waals surface area contributed by atoms with Gasteiger partial charge in [0.25, 0.3) is 5.91 Å². The molecule has 4 aromatic rings. The van der Waals surface area contributed by atoms with Gasteiger partial charge in [0.2, 0.25) is 5.88 Å². The second-order valence-corrected chi connectivity index (χ2v) is 8.01. The fraction of sp³-hybridized carbons (Fsp3) is 0.208. The number of rotatable bonds is 4. The summed E-state index contributed by atoms with van der Waals surface area (Å²) in [6, 6.07) is 13.5. The molecule has 0 saturated heterocycles. The van der Waals surface area contributed by atoms with Crippen LogP contribution < -0.4 is 14.8 Å². The number of imidazole rings is 1. The highest BCUT2D eigenvalue weighted by atomic mass is 19.3. The van der Waals surface area contributed by atoms with Gasteiger partial charge in [-0.2, -0.15) is 8.78 Å². The second-order valence-electron chi connectivity index (χ2n) is 8.01. The summed E-state index contributed by atoms with van der Waals surface area (Å²) in [5.41, 5.74) is 4.23. The van der Waals surface area contributed by atoms with E-state index in [1.807, 2.05) is 28.8 Å². The van der Waals surface area contributed by atoms with Crippen LogP contribution in [-0.4, -0.2) is 34.2 Å². The van der Waals surface area contributed by atoms with Gasteiger partial charge in [-0.25, -0.2) is 9.97 Å². The predicted molar refractivity (Wildman–Crippen MR) is 116 cm³/mol. The van der Waals surface area contributed by atoms with Gasteiger partial charge in [0.05, 0.1) is 30.2 Å². The first-order chi connectivity index (χ1) is 16.0. The van der Waals surface area contributed by atoms with Gasteiger partial charge >= 0.3 is 6.61 Å². The zero-order chi connectivity index (χ0) is 22.7. The SMILES string of the molecule is COc1ccc(-c2ccc3nc4n(c3c2)[C@@H]2C[C@H]4NC(=O)c3cccc(OC(F)F)c32)cn1. The van der Waals surface area contributed by atoms with Gasteiger partial charge in [-0.15, -0.1) is 0 Å². The van der Waals surface area contributed by atoms with Crippen LogP contribution in [0.25, 0.3) is 22.2 Å². The number of nitrogens with zero attached hydrogens (tertiary/aromatic N) is 3. The van der Waals surface area contributed by atoms with Crippen molar-refractivity contribution >= 4 is 16.9 Å². The lowest BCUT2D eigenvalue weighted by Crippen LogP contribution is -2.28. The first kappa shape index (κ1) is 19.7. The van der Waals surface area contributed by atoms with E-state index in [-0.39, 0.29) is 23.7 Å². The number of aromatic nitrogens is 3. The summed E-state index contributed by atoms with van der Waals surface area (Å²) in [6.45, 7) is -2.99. The Balaban J connectivity index is 1.53. The molecule has 2 aliphatic heterocycles. The van der Waals surface area contributed by atoms with Crippen LogP contribution in [0.4, 0.5) is 8.78 Å². The summed E-state index contributed by atoms with van der Waals surface area (Å²) >= 11 is 0. The molecule has 2 aromatic heterocycles. The minimum absolute atomic E-state index is 0.00788. The van der Waals surface area contributed by atoms with Crippen LogP contribution in [0.2, 0.25) is 0 Å². The number of halogens is 2. The van der Waals surface area contributed by atoms with E-state index in [1.54, 1.807) is 31.5 Å². The highest BCUT2D eigenvalue weighted by Gasteiger charge is 2.42. The van der Waals surface area contributed by atoms with Gasteiger partial charge in [-0.05, 0) is 42.3 Å². The number of nitrogens with one attached hydrogen (secondary N) is 1. The highest BCUT2D eigenvalue weighted by Crippen LogP contribution is 2.47. The molecule has 0 spiro atoms. The third-order valence-corrected chi connectivity index (χ3v) is 6.24. The molecular formula is C24H18F2N4O3. The molecule has 6 rings (SSSR count). The van der Waals surface area contributed by atoms with Crippen molar-refractivity contribution in [2.45, 2.75) is 25.1 Å². The zero-order valence-electron chi connectivity index (χ0n) is 17.5. The van der Waals surface area contributed by atoms with Gasteiger partial charge in [0.15, 0.2) is 0 Å². The van der Waals surface area contributed by atoms with E-state index in [0.29, 0.717) is 29.3 Å². The molecule has 2 aliphatic rings. The summed E-state index contributed by atoms with van der Waals surface area (Å²) in [5.74, 6) is 0.911. The molecule has 33 heavy (non-hydrogen) atoms. The van der Waals surface area contributed by atoms with E-state index < -0.39 is 6.61 Å². The lowest BCUT2D eigenvalue weighted by atomic mass is 9.97. The molecular weight excluding hydrogens is 430 g/mol. The molecule has 7 nitrogen and oxygen atoms in total. The van der Waals surface area contributed by atoms with Crippen molar-refractivity contribution in [2.75, 3.05) is 7.11 Å². The van der Waals surface area contributed by atoms with Crippen molar-refractivity contribution in [3.8, 4) is 22.8 Å². The number of ether oxygens (including phenoxy) is 2. The Kier molecular flexibility index (Phi) is 4.33. The largest absolute Gasteiger partial charge is 0.481 e. The van der Waals surface area contributed by atoms with Crippen LogP contribution >= 0.6 is 0 Å². The Morgan fingerprint density at radius 2 is 2.00 bits per heavy atom. The van der Waals surface area contributed by atoms with Gasteiger partial charge in [-0.3, -0.25) is 4.79 Å². The number of alkyl halides is 2. The Labute approximate surface area is 187 Å². The average molecular weight is 448 g/mol. The average Bonchev–Trinajstić information content (AvgIpc) is 3.31. The lowest BCUT2D eigenvalue weighted by Gasteiger charge is -2.21.